The van der Waals surface area contributed by atoms with Crippen LogP contribution in [0.1, 0.15) is 30.9 Å². The lowest BCUT2D eigenvalue weighted by atomic mass is 10.1. The summed E-state index contributed by atoms with van der Waals surface area (Å²) < 4.78 is 0. The lowest BCUT2D eigenvalue weighted by Gasteiger charge is -2.25. The molecule has 2 aromatic carbocycles. The van der Waals surface area contributed by atoms with Crippen molar-refractivity contribution < 1.29 is 14.4 Å². The summed E-state index contributed by atoms with van der Waals surface area (Å²) in [5, 5.41) is 2.89. The summed E-state index contributed by atoms with van der Waals surface area (Å²) in [6.45, 7) is 5.42. The van der Waals surface area contributed by atoms with Gasteiger partial charge < -0.3 is 15.1 Å². The number of hydrogen-bond acceptors (Lipinski definition) is 3. The number of amides is 3. The van der Waals surface area contributed by atoms with Crippen molar-refractivity contribution >= 4 is 23.4 Å². The van der Waals surface area contributed by atoms with Crippen molar-refractivity contribution in [3.63, 3.8) is 0 Å². The number of para-hydroxylation sites is 1. The van der Waals surface area contributed by atoms with E-state index in [1.165, 1.54) is 5.56 Å². The Kier molecular flexibility index (Phi) is 7.82. The molecule has 0 saturated carbocycles. The van der Waals surface area contributed by atoms with Gasteiger partial charge in [0, 0.05) is 31.7 Å². The third kappa shape index (κ3) is 6.17. The van der Waals surface area contributed by atoms with Crippen LogP contribution in [0.3, 0.4) is 0 Å². The van der Waals surface area contributed by atoms with Gasteiger partial charge in [0.1, 0.15) is 0 Å². The molecule has 1 aliphatic rings. The third-order valence-electron chi connectivity index (χ3n) is 5.64. The first-order chi connectivity index (χ1) is 15.0. The molecule has 1 saturated heterocycles. The predicted molar refractivity (Wildman–Crippen MR) is 122 cm³/mol. The van der Waals surface area contributed by atoms with Gasteiger partial charge in [-0.05, 0) is 37.0 Å². The fourth-order valence-electron chi connectivity index (χ4n) is 3.93. The summed E-state index contributed by atoms with van der Waals surface area (Å²) >= 11 is 0. The normalized spacial score (nSPS) is 15.7. The Hall–Kier alpha value is -3.15. The molecule has 0 aliphatic carbocycles. The number of carbonyl (C=O) groups is 3. The average molecular weight is 422 g/mol. The molecule has 164 valence electrons. The van der Waals surface area contributed by atoms with E-state index >= 15 is 0 Å². The number of anilines is 1. The van der Waals surface area contributed by atoms with E-state index in [2.05, 4.69) is 5.32 Å². The van der Waals surface area contributed by atoms with Crippen LogP contribution in [0.15, 0.2) is 54.6 Å². The minimum atomic E-state index is -0.388. The molecule has 0 aromatic heterocycles. The number of hydrogen-bond donors (Lipinski definition) is 1. The molecule has 3 rings (SSSR count). The topological polar surface area (TPSA) is 69.7 Å². The Labute approximate surface area is 184 Å². The maximum Gasteiger partial charge on any atom is 0.244 e. The molecule has 3 amide bonds. The molecule has 1 N–H and O–H groups in total. The van der Waals surface area contributed by atoms with Crippen molar-refractivity contribution in [3.05, 3.63) is 65.7 Å². The van der Waals surface area contributed by atoms with E-state index in [0.717, 1.165) is 24.1 Å². The number of nitrogens with one attached hydrogen (secondary N) is 1. The quantitative estimate of drug-likeness (QED) is 0.676. The number of carbonyl (C=O) groups excluding carboxylic acids is 3. The highest BCUT2D eigenvalue weighted by Crippen LogP contribution is 2.21. The Morgan fingerprint density at radius 3 is 2.52 bits per heavy atom. The van der Waals surface area contributed by atoms with Gasteiger partial charge in [-0.2, -0.15) is 0 Å². The molecule has 1 fully saturated rings. The summed E-state index contributed by atoms with van der Waals surface area (Å²) in [4.78, 5) is 41.5. The molecule has 1 aliphatic heterocycles. The first-order valence-electron chi connectivity index (χ1n) is 10.9. The zero-order valence-electron chi connectivity index (χ0n) is 18.3. The van der Waals surface area contributed by atoms with Gasteiger partial charge in [-0.25, -0.2) is 0 Å². The van der Waals surface area contributed by atoms with Gasteiger partial charge in [-0.3, -0.25) is 14.4 Å². The lowest BCUT2D eigenvalue weighted by Crippen LogP contribution is -2.42. The highest BCUT2D eigenvalue weighted by atomic mass is 16.2. The lowest BCUT2D eigenvalue weighted by molar-refractivity contribution is -0.138. The van der Waals surface area contributed by atoms with Crippen molar-refractivity contribution in [1.29, 1.82) is 0 Å². The van der Waals surface area contributed by atoms with Crippen LogP contribution in [0.5, 0.6) is 0 Å². The van der Waals surface area contributed by atoms with E-state index in [4.69, 9.17) is 0 Å². The molecule has 6 nitrogen and oxygen atoms in total. The van der Waals surface area contributed by atoms with Crippen LogP contribution in [0.4, 0.5) is 5.69 Å². The summed E-state index contributed by atoms with van der Waals surface area (Å²) in [7, 11) is 0. The summed E-state index contributed by atoms with van der Waals surface area (Å²) in [6.07, 6.45) is 1.74. The number of benzene rings is 2. The van der Waals surface area contributed by atoms with E-state index in [9.17, 15) is 14.4 Å². The van der Waals surface area contributed by atoms with Crippen LogP contribution < -0.4 is 5.32 Å². The molecule has 2 aromatic rings. The largest absolute Gasteiger partial charge is 0.342 e. The predicted octanol–water partition coefficient (Wildman–Crippen LogP) is 3.26. The summed E-state index contributed by atoms with van der Waals surface area (Å²) in [5.74, 6) is -0.713. The van der Waals surface area contributed by atoms with Crippen molar-refractivity contribution in [1.82, 2.24) is 9.80 Å². The van der Waals surface area contributed by atoms with Gasteiger partial charge in [0.2, 0.25) is 17.7 Å². The van der Waals surface area contributed by atoms with Gasteiger partial charge >= 0.3 is 0 Å². The van der Waals surface area contributed by atoms with Crippen molar-refractivity contribution in [2.45, 2.75) is 33.1 Å². The number of aryl methyl sites for hydroxylation is 1. The Morgan fingerprint density at radius 2 is 1.81 bits per heavy atom. The Morgan fingerprint density at radius 1 is 1.10 bits per heavy atom. The van der Waals surface area contributed by atoms with Crippen molar-refractivity contribution in [2.75, 3.05) is 31.5 Å². The zero-order chi connectivity index (χ0) is 22.2. The fraction of sp³-hybridized carbons (Fsp3) is 0.400. The van der Waals surface area contributed by atoms with E-state index < -0.39 is 0 Å². The van der Waals surface area contributed by atoms with Crippen LogP contribution in [0, 0.1) is 12.8 Å². The molecular weight excluding hydrogens is 390 g/mol. The van der Waals surface area contributed by atoms with Crippen LogP contribution in [0.25, 0.3) is 0 Å². The third-order valence-corrected chi connectivity index (χ3v) is 5.64. The van der Waals surface area contributed by atoms with Crippen molar-refractivity contribution in [3.8, 4) is 0 Å². The Bertz CT molecular complexity index is 913. The first kappa shape index (κ1) is 22.5. The van der Waals surface area contributed by atoms with Gasteiger partial charge in [0.15, 0.2) is 0 Å². The molecule has 1 heterocycles. The van der Waals surface area contributed by atoms with Crippen LogP contribution in [-0.4, -0.2) is 53.7 Å². The second kappa shape index (κ2) is 10.8. The number of likely N-dealkylation sites (tertiary alicyclic amines) is 1. The molecule has 1 atom stereocenters. The summed E-state index contributed by atoms with van der Waals surface area (Å²) in [5.41, 5.74) is 2.89. The summed E-state index contributed by atoms with van der Waals surface area (Å²) in [6, 6.07) is 17.6. The monoisotopic (exact) mass is 421 g/mol. The highest BCUT2D eigenvalue weighted by molar-refractivity contribution is 5.96. The number of rotatable bonds is 9. The van der Waals surface area contributed by atoms with Crippen LogP contribution in [-0.2, 0) is 20.8 Å². The van der Waals surface area contributed by atoms with E-state index in [1.807, 2.05) is 68.4 Å². The van der Waals surface area contributed by atoms with Crippen molar-refractivity contribution in [2.24, 2.45) is 5.92 Å². The maximum atomic E-state index is 13.1. The molecular formula is C25H31N3O3. The fourth-order valence-corrected chi connectivity index (χ4v) is 3.93. The zero-order valence-corrected chi connectivity index (χ0v) is 18.3. The van der Waals surface area contributed by atoms with E-state index in [1.54, 1.807) is 9.80 Å². The SMILES string of the molecule is CCCN(CC(=O)Nc1ccccc1C)C(=O)C1CC(=O)N(CCc2ccccc2)C1. The van der Waals surface area contributed by atoms with Gasteiger partial charge in [0.25, 0.3) is 0 Å². The molecule has 0 spiro atoms. The minimum Gasteiger partial charge on any atom is -0.342 e. The van der Waals surface area contributed by atoms with Gasteiger partial charge in [0.05, 0.1) is 12.5 Å². The molecule has 1 unspecified atom stereocenters. The van der Waals surface area contributed by atoms with E-state index in [-0.39, 0.29) is 36.6 Å². The standard InChI is InChI=1S/C25H31N3O3/c1-3-14-28(18-23(29)26-22-12-8-7-9-19(22)2)25(31)21-16-24(30)27(17-21)15-13-20-10-5-4-6-11-20/h4-12,21H,3,13-18H2,1-2H3,(H,26,29). The van der Waals surface area contributed by atoms with Crippen LogP contribution >= 0.6 is 0 Å². The van der Waals surface area contributed by atoms with Gasteiger partial charge in [-0.1, -0.05) is 55.5 Å². The van der Waals surface area contributed by atoms with E-state index in [0.29, 0.717) is 19.6 Å². The second-order valence-corrected chi connectivity index (χ2v) is 8.10. The average Bonchev–Trinajstić information content (AvgIpc) is 3.14. The number of nitrogens with zero attached hydrogens (tertiary/aromatic N) is 2. The minimum absolute atomic E-state index is 0.00425. The molecule has 31 heavy (non-hydrogen) atoms. The molecule has 6 heteroatoms. The second-order valence-electron chi connectivity index (χ2n) is 8.10. The van der Waals surface area contributed by atoms with Gasteiger partial charge in [-0.15, -0.1) is 0 Å². The highest BCUT2D eigenvalue weighted by Gasteiger charge is 2.36. The first-order valence-corrected chi connectivity index (χ1v) is 10.9. The smallest absolute Gasteiger partial charge is 0.244 e. The molecule has 0 radical (unpaired) electrons. The Balaban J connectivity index is 1.57. The maximum absolute atomic E-state index is 13.1. The molecule has 0 bridgehead atoms. The van der Waals surface area contributed by atoms with Crippen LogP contribution in [0.2, 0.25) is 0 Å².